The molecule has 0 aromatic heterocycles. The number of rotatable bonds is 9. The molecule has 0 spiro atoms. The van der Waals surface area contributed by atoms with Gasteiger partial charge in [-0.1, -0.05) is 37.3 Å². The number of amides is 2. The number of piperidine rings is 1. The first-order valence-electron chi connectivity index (χ1n) is 13.3. The Bertz CT molecular complexity index is 1010. The second-order valence-electron chi connectivity index (χ2n) is 10.1. The van der Waals surface area contributed by atoms with Gasteiger partial charge in [0.15, 0.2) is 0 Å². The lowest BCUT2D eigenvalue weighted by Gasteiger charge is -2.40. The molecule has 4 rings (SSSR count). The van der Waals surface area contributed by atoms with E-state index in [0.717, 1.165) is 38.3 Å². The van der Waals surface area contributed by atoms with Crippen molar-refractivity contribution in [2.45, 2.75) is 32.4 Å². The van der Waals surface area contributed by atoms with Gasteiger partial charge in [-0.2, -0.15) is 0 Å². The van der Waals surface area contributed by atoms with Gasteiger partial charge in [0, 0.05) is 71.6 Å². The molecule has 2 aromatic carbocycles. The number of halogens is 1. The van der Waals surface area contributed by atoms with E-state index in [0.29, 0.717) is 38.3 Å². The molecule has 2 heterocycles. The predicted octanol–water partition coefficient (Wildman–Crippen LogP) is 3.11. The third kappa shape index (κ3) is 7.76. The topological polar surface area (TPSA) is 56.3 Å². The van der Waals surface area contributed by atoms with Crippen LogP contribution >= 0.6 is 0 Å². The lowest BCUT2D eigenvalue weighted by Crippen LogP contribution is -2.53. The van der Waals surface area contributed by atoms with Crippen LogP contribution in [-0.4, -0.2) is 96.9 Å². The van der Waals surface area contributed by atoms with E-state index in [2.05, 4.69) is 16.7 Å². The van der Waals surface area contributed by atoms with Crippen LogP contribution in [0.2, 0.25) is 0 Å². The summed E-state index contributed by atoms with van der Waals surface area (Å²) in [6.07, 6.45) is 0.693. The van der Waals surface area contributed by atoms with Gasteiger partial charge >= 0.3 is 0 Å². The summed E-state index contributed by atoms with van der Waals surface area (Å²) < 4.78 is 19.6. The number of carbonyl (C=O) groups excluding carboxylic acids is 2. The fourth-order valence-corrected chi connectivity index (χ4v) is 5.16. The zero-order valence-electron chi connectivity index (χ0n) is 22.0. The Morgan fingerprint density at radius 2 is 1.65 bits per heavy atom. The minimum absolute atomic E-state index is 0.0199. The molecule has 7 nitrogen and oxygen atoms in total. The van der Waals surface area contributed by atoms with E-state index in [4.69, 9.17) is 4.74 Å². The van der Waals surface area contributed by atoms with Crippen LogP contribution in [0.5, 0.6) is 5.75 Å². The summed E-state index contributed by atoms with van der Waals surface area (Å²) in [5.74, 6) is 0.245. The molecule has 37 heavy (non-hydrogen) atoms. The molecule has 0 saturated carbocycles. The molecular weight excluding hydrogens is 471 g/mol. The number of nitrogens with zero attached hydrogens (tertiary/aromatic N) is 4. The molecule has 0 N–H and O–H groups in total. The van der Waals surface area contributed by atoms with Crippen molar-refractivity contribution in [3.05, 3.63) is 66.0 Å². The van der Waals surface area contributed by atoms with E-state index >= 15 is 0 Å². The van der Waals surface area contributed by atoms with Crippen molar-refractivity contribution in [2.24, 2.45) is 5.92 Å². The van der Waals surface area contributed by atoms with Crippen LogP contribution in [-0.2, 0) is 16.1 Å². The molecule has 2 aromatic rings. The number of ether oxygens (including phenoxy) is 1. The molecule has 2 atom stereocenters. The van der Waals surface area contributed by atoms with Crippen LogP contribution in [0, 0.1) is 11.7 Å². The first-order chi connectivity index (χ1) is 17.9. The first-order valence-corrected chi connectivity index (χ1v) is 13.3. The summed E-state index contributed by atoms with van der Waals surface area (Å²) in [6.45, 7) is 8.98. The number of benzene rings is 2. The van der Waals surface area contributed by atoms with Gasteiger partial charge in [0.2, 0.25) is 11.8 Å². The Morgan fingerprint density at radius 1 is 0.973 bits per heavy atom. The predicted molar refractivity (Wildman–Crippen MR) is 142 cm³/mol. The summed E-state index contributed by atoms with van der Waals surface area (Å²) >= 11 is 0. The standard InChI is InChI=1S/C29H39FN4O3/c1-3-32-15-17-33(18-16-32)22-29(36)34-14-13-27(37-26-11-9-25(30)10-12-26)24(21-34)19-28(35)31(2)20-23-7-5-4-6-8-23/h4-12,24,27H,3,13-22H2,1-2H3/t24-,27-/m0/s1. The van der Waals surface area contributed by atoms with E-state index in [1.54, 1.807) is 17.0 Å². The van der Waals surface area contributed by atoms with Gasteiger partial charge in [-0.25, -0.2) is 4.39 Å². The maximum Gasteiger partial charge on any atom is 0.236 e. The fraction of sp³-hybridized carbons (Fsp3) is 0.517. The second-order valence-corrected chi connectivity index (χ2v) is 10.1. The van der Waals surface area contributed by atoms with Crippen LogP contribution in [0.4, 0.5) is 4.39 Å². The lowest BCUT2D eigenvalue weighted by molar-refractivity contribution is -0.140. The summed E-state index contributed by atoms with van der Waals surface area (Å²) in [4.78, 5) is 34.7. The number of piperazine rings is 1. The molecule has 0 unspecified atom stereocenters. The number of likely N-dealkylation sites (tertiary alicyclic amines) is 1. The summed E-state index contributed by atoms with van der Waals surface area (Å²) in [6, 6.07) is 15.9. The van der Waals surface area contributed by atoms with Gasteiger partial charge in [0.25, 0.3) is 0 Å². The molecule has 8 heteroatoms. The number of likely N-dealkylation sites (N-methyl/N-ethyl adjacent to an activating group) is 1. The maximum atomic E-state index is 13.4. The molecule has 0 bridgehead atoms. The number of carbonyl (C=O) groups is 2. The molecular formula is C29H39FN4O3. The van der Waals surface area contributed by atoms with Crippen molar-refractivity contribution >= 4 is 11.8 Å². The van der Waals surface area contributed by atoms with Gasteiger partial charge in [-0.05, 0) is 36.4 Å². The van der Waals surface area contributed by atoms with Gasteiger partial charge < -0.3 is 19.4 Å². The fourth-order valence-electron chi connectivity index (χ4n) is 5.16. The molecule has 2 aliphatic rings. The van der Waals surface area contributed by atoms with Gasteiger partial charge in [0.05, 0.1) is 6.54 Å². The molecule has 0 aliphatic carbocycles. The molecule has 2 fully saturated rings. The monoisotopic (exact) mass is 510 g/mol. The van der Waals surface area contributed by atoms with Gasteiger partial charge in [0.1, 0.15) is 17.7 Å². The highest BCUT2D eigenvalue weighted by molar-refractivity contribution is 5.79. The molecule has 2 saturated heterocycles. The van der Waals surface area contributed by atoms with Gasteiger partial charge in [-0.3, -0.25) is 14.5 Å². The van der Waals surface area contributed by atoms with Gasteiger partial charge in [-0.15, -0.1) is 0 Å². The van der Waals surface area contributed by atoms with Crippen LogP contribution in [0.1, 0.15) is 25.3 Å². The van der Waals surface area contributed by atoms with Crippen LogP contribution < -0.4 is 4.74 Å². The van der Waals surface area contributed by atoms with E-state index in [1.807, 2.05) is 42.3 Å². The Labute approximate surface area is 219 Å². The smallest absolute Gasteiger partial charge is 0.236 e. The van der Waals surface area contributed by atoms with Crippen molar-refractivity contribution < 1.29 is 18.7 Å². The molecule has 0 radical (unpaired) electrons. The Balaban J connectivity index is 1.39. The molecule has 2 aliphatic heterocycles. The Hall–Kier alpha value is -2.97. The number of hydrogen-bond donors (Lipinski definition) is 0. The normalized spacial score (nSPS) is 21.0. The maximum absolute atomic E-state index is 13.4. The van der Waals surface area contributed by atoms with Crippen LogP contribution in [0.25, 0.3) is 0 Å². The van der Waals surface area contributed by atoms with E-state index in [-0.39, 0.29) is 36.1 Å². The second kappa shape index (κ2) is 13.0. The third-order valence-corrected chi connectivity index (χ3v) is 7.51. The highest BCUT2D eigenvalue weighted by Crippen LogP contribution is 2.27. The van der Waals surface area contributed by atoms with E-state index in [1.165, 1.54) is 12.1 Å². The average Bonchev–Trinajstić information content (AvgIpc) is 2.91. The quantitative estimate of drug-likeness (QED) is 0.519. The number of hydrogen-bond acceptors (Lipinski definition) is 5. The lowest BCUT2D eigenvalue weighted by atomic mass is 9.90. The molecule has 2 amide bonds. The van der Waals surface area contributed by atoms with E-state index in [9.17, 15) is 14.0 Å². The van der Waals surface area contributed by atoms with Crippen LogP contribution in [0.15, 0.2) is 54.6 Å². The zero-order valence-corrected chi connectivity index (χ0v) is 22.0. The summed E-state index contributed by atoms with van der Waals surface area (Å²) in [5, 5.41) is 0. The van der Waals surface area contributed by atoms with Crippen molar-refractivity contribution in [1.29, 1.82) is 0 Å². The zero-order chi connectivity index (χ0) is 26.2. The summed E-state index contributed by atoms with van der Waals surface area (Å²) in [5.41, 5.74) is 1.07. The van der Waals surface area contributed by atoms with Crippen molar-refractivity contribution in [3.63, 3.8) is 0 Å². The van der Waals surface area contributed by atoms with Crippen molar-refractivity contribution in [1.82, 2.24) is 19.6 Å². The third-order valence-electron chi connectivity index (χ3n) is 7.51. The Kier molecular flexibility index (Phi) is 9.52. The molecule has 200 valence electrons. The Morgan fingerprint density at radius 3 is 2.32 bits per heavy atom. The SMILES string of the molecule is CCN1CCN(CC(=O)N2CC[C@H](Oc3ccc(F)cc3)[C@@H](CC(=O)N(C)Cc3ccccc3)C2)CC1. The summed E-state index contributed by atoms with van der Waals surface area (Å²) in [7, 11) is 1.81. The van der Waals surface area contributed by atoms with Crippen LogP contribution in [0.3, 0.4) is 0 Å². The highest BCUT2D eigenvalue weighted by Gasteiger charge is 2.35. The average molecular weight is 511 g/mol. The largest absolute Gasteiger partial charge is 0.490 e. The first kappa shape index (κ1) is 27.1. The van der Waals surface area contributed by atoms with Crippen molar-refractivity contribution in [2.75, 3.05) is 59.4 Å². The minimum atomic E-state index is -0.318. The van der Waals surface area contributed by atoms with Crippen molar-refractivity contribution in [3.8, 4) is 5.75 Å². The van der Waals surface area contributed by atoms with E-state index < -0.39 is 0 Å². The minimum Gasteiger partial charge on any atom is -0.490 e. The highest BCUT2D eigenvalue weighted by atomic mass is 19.1.